The van der Waals surface area contributed by atoms with E-state index in [1.54, 1.807) is 12.5 Å². The number of nitrogens with zero attached hydrogens (tertiary/aromatic N) is 2. The third kappa shape index (κ3) is 1.98. The summed E-state index contributed by atoms with van der Waals surface area (Å²) >= 11 is 0. The first-order chi connectivity index (χ1) is 9.79. The van der Waals surface area contributed by atoms with Crippen LogP contribution >= 0.6 is 0 Å². The van der Waals surface area contributed by atoms with Gasteiger partial charge in [0.05, 0.1) is 6.26 Å². The van der Waals surface area contributed by atoms with Crippen molar-refractivity contribution in [3.05, 3.63) is 30.3 Å². The van der Waals surface area contributed by atoms with Gasteiger partial charge in [-0.1, -0.05) is 0 Å². The lowest BCUT2D eigenvalue weighted by atomic mass is 9.97. The van der Waals surface area contributed by atoms with Crippen molar-refractivity contribution in [1.82, 2.24) is 15.2 Å². The quantitative estimate of drug-likeness (QED) is 0.902. The minimum Gasteiger partial charge on any atom is -0.462 e. The highest BCUT2D eigenvalue weighted by Crippen LogP contribution is 2.27. The Hall–Kier alpha value is -1.88. The molecule has 1 amide bonds. The molecule has 0 spiro atoms. The molecular formula is C15H17N3O2. The number of hydrogen-bond donors (Lipinski definition) is 1. The van der Waals surface area contributed by atoms with Crippen LogP contribution in [0.2, 0.25) is 0 Å². The fourth-order valence-electron chi connectivity index (χ4n) is 3.47. The topological polar surface area (TPSA) is 58.4 Å². The number of aromatic nitrogens is 1. The van der Waals surface area contributed by atoms with Crippen molar-refractivity contribution in [3.8, 4) is 0 Å². The van der Waals surface area contributed by atoms with E-state index in [0.717, 1.165) is 24.3 Å². The Morgan fingerprint density at radius 2 is 2.35 bits per heavy atom. The summed E-state index contributed by atoms with van der Waals surface area (Å²) in [6.45, 7) is 3.32. The Balaban J connectivity index is 1.54. The van der Waals surface area contributed by atoms with Gasteiger partial charge < -0.3 is 14.6 Å². The molecule has 20 heavy (non-hydrogen) atoms. The highest BCUT2D eigenvalue weighted by Gasteiger charge is 2.33. The molecule has 104 valence electrons. The third-order valence-corrected chi connectivity index (χ3v) is 4.39. The highest BCUT2D eigenvalue weighted by molar-refractivity contribution is 6.02. The molecule has 2 aromatic heterocycles. The van der Waals surface area contributed by atoms with Gasteiger partial charge in [0.2, 0.25) is 0 Å². The van der Waals surface area contributed by atoms with Crippen LogP contribution in [0.15, 0.2) is 29.0 Å². The van der Waals surface area contributed by atoms with Gasteiger partial charge in [-0.05, 0) is 37.4 Å². The van der Waals surface area contributed by atoms with Gasteiger partial charge in [0, 0.05) is 30.7 Å². The summed E-state index contributed by atoms with van der Waals surface area (Å²) in [5, 5.41) is 4.03. The van der Waals surface area contributed by atoms with Crippen LogP contribution in [-0.2, 0) is 0 Å². The van der Waals surface area contributed by atoms with Gasteiger partial charge in [-0.25, -0.2) is 4.98 Å². The molecule has 2 aliphatic rings. The summed E-state index contributed by atoms with van der Waals surface area (Å²) in [7, 11) is 0. The lowest BCUT2D eigenvalue weighted by molar-refractivity contribution is 0.0905. The lowest BCUT2D eigenvalue weighted by Gasteiger charge is -2.30. The average molecular weight is 271 g/mol. The molecule has 0 radical (unpaired) electrons. The van der Waals surface area contributed by atoms with Gasteiger partial charge >= 0.3 is 0 Å². The van der Waals surface area contributed by atoms with Crippen molar-refractivity contribution in [2.45, 2.75) is 18.9 Å². The van der Waals surface area contributed by atoms with Crippen molar-refractivity contribution in [1.29, 1.82) is 0 Å². The molecule has 4 heterocycles. The van der Waals surface area contributed by atoms with Gasteiger partial charge in [0.25, 0.3) is 5.91 Å². The first-order valence-electron chi connectivity index (χ1n) is 7.15. The van der Waals surface area contributed by atoms with Crippen LogP contribution in [0, 0.1) is 5.92 Å². The standard InChI is InChI=1S/C15H17N3O2/c19-15(13-14-11(1-4-16-13)3-6-20-14)17-12-7-10-2-5-18(8-10)9-12/h1,3-4,6,10,12H,2,5,7-9H2,(H,17,19)/t10-,12-/m1/s1. The molecule has 1 N–H and O–H groups in total. The van der Waals surface area contributed by atoms with E-state index < -0.39 is 0 Å². The Kier molecular flexibility index (Phi) is 2.73. The van der Waals surface area contributed by atoms with Crippen LogP contribution < -0.4 is 5.32 Å². The minimum absolute atomic E-state index is 0.127. The molecule has 2 bridgehead atoms. The maximum absolute atomic E-state index is 12.4. The molecule has 3 atom stereocenters. The van der Waals surface area contributed by atoms with Gasteiger partial charge in [-0.2, -0.15) is 0 Å². The van der Waals surface area contributed by atoms with Gasteiger partial charge in [-0.3, -0.25) is 4.79 Å². The normalized spacial score (nSPS) is 28.7. The Labute approximate surface area is 117 Å². The number of rotatable bonds is 2. The third-order valence-electron chi connectivity index (χ3n) is 4.39. The molecule has 4 rings (SSSR count). The van der Waals surface area contributed by atoms with E-state index in [-0.39, 0.29) is 11.9 Å². The van der Waals surface area contributed by atoms with Crippen LogP contribution in [0.3, 0.4) is 0 Å². The molecule has 2 aliphatic heterocycles. The summed E-state index contributed by atoms with van der Waals surface area (Å²) in [6, 6.07) is 3.93. The molecule has 0 aliphatic carbocycles. The largest absolute Gasteiger partial charge is 0.462 e. The van der Waals surface area contributed by atoms with Crippen molar-refractivity contribution in [2.24, 2.45) is 5.92 Å². The highest BCUT2D eigenvalue weighted by atomic mass is 16.3. The van der Waals surface area contributed by atoms with Gasteiger partial charge in [0.1, 0.15) is 0 Å². The minimum atomic E-state index is -0.127. The zero-order valence-corrected chi connectivity index (χ0v) is 11.2. The van der Waals surface area contributed by atoms with Crippen LogP contribution in [0.5, 0.6) is 0 Å². The van der Waals surface area contributed by atoms with E-state index in [1.165, 1.54) is 19.5 Å². The van der Waals surface area contributed by atoms with E-state index in [0.29, 0.717) is 11.3 Å². The van der Waals surface area contributed by atoms with Crippen LogP contribution in [0.25, 0.3) is 11.0 Å². The molecule has 0 saturated carbocycles. The number of hydrogen-bond acceptors (Lipinski definition) is 4. The summed E-state index contributed by atoms with van der Waals surface area (Å²) < 4.78 is 5.38. The Bertz CT molecular complexity index is 639. The molecule has 5 heteroatoms. The maximum atomic E-state index is 12.4. The number of carbonyl (C=O) groups is 1. The predicted octanol–water partition coefficient (Wildman–Crippen LogP) is 1.65. The molecular weight excluding hydrogens is 254 g/mol. The molecule has 2 fully saturated rings. The predicted molar refractivity (Wildman–Crippen MR) is 74.4 cm³/mol. The number of piperidine rings is 1. The van der Waals surface area contributed by atoms with E-state index in [4.69, 9.17) is 4.42 Å². The second kappa shape index (κ2) is 4.59. The molecule has 5 nitrogen and oxygen atoms in total. The molecule has 0 aromatic carbocycles. The maximum Gasteiger partial charge on any atom is 0.274 e. The van der Waals surface area contributed by atoms with Crippen molar-refractivity contribution >= 4 is 16.9 Å². The van der Waals surface area contributed by atoms with E-state index in [2.05, 4.69) is 15.2 Å². The Morgan fingerprint density at radius 1 is 1.40 bits per heavy atom. The van der Waals surface area contributed by atoms with E-state index in [9.17, 15) is 4.79 Å². The lowest BCUT2D eigenvalue weighted by Crippen LogP contribution is -2.47. The monoisotopic (exact) mass is 271 g/mol. The summed E-state index contributed by atoms with van der Waals surface area (Å²) in [5.74, 6) is 0.611. The smallest absolute Gasteiger partial charge is 0.274 e. The van der Waals surface area contributed by atoms with E-state index >= 15 is 0 Å². The Morgan fingerprint density at radius 3 is 3.25 bits per heavy atom. The fourth-order valence-corrected chi connectivity index (χ4v) is 3.47. The first-order valence-corrected chi connectivity index (χ1v) is 7.15. The molecule has 2 aromatic rings. The molecule has 2 saturated heterocycles. The van der Waals surface area contributed by atoms with Crippen molar-refractivity contribution < 1.29 is 9.21 Å². The number of amides is 1. The summed E-state index contributed by atoms with van der Waals surface area (Å²) in [6.07, 6.45) is 5.59. The number of pyridine rings is 1. The van der Waals surface area contributed by atoms with E-state index in [1.807, 2.05) is 12.1 Å². The first kappa shape index (κ1) is 11.9. The average Bonchev–Trinajstić information content (AvgIpc) is 3.04. The number of nitrogens with one attached hydrogen (secondary N) is 1. The summed E-state index contributed by atoms with van der Waals surface area (Å²) in [4.78, 5) is 19.0. The second-order valence-electron chi connectivity index (χ2n) is 5.82. The zero-order valence-electron chi connectivity index (χ0n) is 11.2. The SMILES string of the molecule is O=C(N[C@@H]1C[C@H]2CCN(C2)C1)c1nccc2ccoc12. The van der Waals surface area contributed by atoms with Crippen LogP contribution in [-0.4, -0.2) is 41.5 Å². The zero-order chi connectivity index (χ0) is 13.5. The second-order valence-corrected chi connectivity index (χ2v) is 5.82. The number of carbonyl (C=O) groups excluding carboxylic acids is 1. The van der Waals surface area contributed by atoms with Crippen molar-refractivity contribution in [3.63, 3.8) is 0 Å². The van der Waals surface area contributed by atoms with Gasteiger partial charge in [-0.15, -0.1) is 0 Å². The number of fused-ring (bicyclic) bond motifs is 3. The van der Waals surface area contributed by atoms with Crippen LogP contribution in [0.1, 0.15) is 23.3 Å². The fraction of sp³-hybridized carbons (Fsp3) is 0.467. The number of furan rings is 1. The summed E-state index contributed by atoms with van der Waals surface area (Å²) in [5.41, 5.74) is 0.963. The van der Waals surface area contributed by atoms with Crippen LogP contribution in [0.4, 0.5) is 0 Å². The van der Waals surface area contributed by atoms with Gasteiger partial charge in [0.15, 0.2) is 11.3 Å². The molecule has 1 unspecified atom stereocenters. The van der Waals surface area contributed by atoms with Crippen molar-refractivity contribution in [2.75, 3.05) is 19.6 Å².